The fourth-order valence-corrected chi connectivity index (χ4v) is 2.99. The van der Waals surface area contributed by atoms with Gasteiger partial charge in [-0.15, -0.1) is 0 Å². The highest BCUT2D eigenvalue weighted by Gasteiger charge is 2.24. The summed E-state index contributed by atoms with van der Waals surface area (Å²) in [6, 6.07) is 1.17. The van der Waals surface area contributed by atoms with E-state index in [1.165, 1.54) is 18.4 Å². The van der Waals surface area contributed by atoms with Crippen molar-refractivity contribution in [2.24, 2.45) is 7.05 Å². The van der Waals surface area contributed by atoms with Crippen LogP contribution in [0.25, 0.3) is 0 Å². The van der Waals surface area contributed by atoms with Crippen molar-refractivity contribution >= 4 is 11.6 Å². The number of halogens is 1. The van der Waals surface area contributed by atoms with Crippen LogP contribution in [0.2, 0.25) is 5.15 Å². The fourth-order valence-electron chi connectivity index (χ4n) is 2.76. The molecule has 2 unspecified atom stereocenters. The van der Waals surface area contributed by atoms with E-state index in [1.54, 1.807) is 4.68 Å². The first-order valence-electron chi connectivity index (χ1n) is 7.18. The minimum Gasteiger partial charge on any atom is -0.313 e. The average Bonchev–Trinajstić information content (AvgIpc) is 2.55. The molecule has 1 N–H and O–H groups in total. The van der Waals surface area contributed by atoms with Gasteiger partial charge in [0.15, 0.2) is 0 Å². The van der Waals surface area contributed by atoms with E-state index in [9.17, 15) is 0 Å². The molecule has 1 aliphatic rings. The van der Waals surface area contributed by atoms with Gasteiger partial charge in [0.05, 0.1) is 5.69 Å². The number of rotatable bonds is 3. The number of nitrogens with one attached hydrogen (secondary N) is 1. The van der Waals surface area contributed by atoms with Crippen molar-refractivity contribution in [1.29, 1.82) is 0 Å². The second kappa shape index (κ2) is 6.25. The normalized spacial score (nSPS) is 25.5. The molecule has 108 valence electrons. The van der Waals surface area contributed by atoms with Gasteiger partial charge in [0.2, 0.25) is 0 Å². The summed E-state index contributed by atoms with van der Waals surface area (Å²) in [5.41, 5.74) is 2.22. The van der Waals surface area contributed by atoms with Crippen LogP contribution in [0.15, 0.2) is 0 Å². The lowest BCUT2D eigenvalue weighted by Crippen LogP contribution is -2.39. The smallest absolute Gasteiger partial charge is 0.131 e. The van der Waals surface area contributed by atoms with Gasteiger partial charge in [0.1, 0.15) is 5.15 Å². The zero-order valence-corrected chi connectivity index (χ0v) is 13.2. The molecule has 0 aromatic carbocycles. The van der Waals surface area contributed by atoms with Gasteiger partial charge in [-0.2, -0.15) is 5.10 Å². The summed E-state index contributed by atoms with van der Waals surface area (Å²) in [7, 11) is 1.90. The largest absolute Gasteiger partial charge is 0.313 e. The first-order valence-corrected chi connectivity index (χ1v) is 7.56. The minimum atomic E-state index is 0.583. The molecule has 0 amide bonds. The lowest BCUT2D eigenvalue weighted by molar-refractivity contribution is 0.194. The number of nitrogens with zero attached hydrogens (tertiary/aromatic N) is 3. The molecule has 5 heteroatoms. The van der Waals surface area contributed by atoms with Crippen molar-refractivity contribution in [3.8, 4) is 0 Å². The molecule has 1 fully saturated rings. The van der Waals surface area contributed by atoms with Crippen molar-refractivity contribution in [1.82, 2.24) is 20.0 Å². The van der Waals surface area contributed by atoms with Gasteiger partial charge in [-0.3, -0.25) is 9.58 Å². The van der Waals surface area contributed by atoms with E-state index in [0.29, 0.717) is 12.1 Å². The van der Waals surface area contributed by atoms with E-state index in [-0.39, 0.29) is 0 Å². The Labute approximate surface area is 121 Å². The third-order valence-electron chi connectivity index (χ3n) is 4.20. The van der Waals surface area contributed by atoms with Gasteiger partial charge in [-0.05, 0) is 33.2 Å². The molecule has 1 aliphatic heterocycles. The Morgan fingerprint density at radius 1 is 1.47 bits per heavy atom. The molecule has 0 radical (unpaired) electrons. The van der Waals surface area contributed by atoms with Crippen LogP contribution in [0.1, 0.15) is 37.9 Å². The Bertz CT molecular complexity index is 429. The highest BCUT2D eigenvalue weighted by molar-refractivity contribution is 6.30. The van der Waals surface area contributed by atoms with Gasteiger partial charge in [0.25, 0.3) is 0 Å². The fraction of sp³-hybridized carbons (Fsp3) is 0.786. The van der Waals surface area contributed by atoms with Crippen molar-refractivity contribution in [3.63, 3.8) is 0 Å². The highest BCUT2D eigenvalue weighted by atomic mass is 35.5. The van der Waals surface area contributed by atoms with Crippen LogP contribution in [0.3, 0.4) is 0 Å². The zero-order valence-electron chi connectivity index (χ0n) is 12.4. The number of aromatic nitrogens is 2. The van der Waals surface area contributed by atoms with E-state index < -0.39 is 0 Å². The Kier molecular flexibility index (Phi) is 4.87. The molecule has 1 aromatic rings. The first-order chi connectivity index (χ1) is 9.02. The molecule has 0 aliphatic carbocycles. The SMILES string of the molecule is CCC1CN(Cc2c(C)nn(C)c2Cl)C(C)CCN1. The molecule has 2 rings (SSSR count). The predicted octanol–water partition coefficient (Wildman–Crippen LogP) is 2.34. The maximum absolute atomic E-state index is 6.35. The minimum absolute atomic E-state index is 0.583. The van der Waals surface area contributed by atoms with Crippen LogP contribution in [-0.2, 0) is 13.6 Å². The molecular weight excluding hydrogens is 260 g/mol. The second-order valence-corrected chi connectivity index (χ2v) is 5.96. The Hall–Kier alpha value is -0.580. The third kappa shape index (κ3) is 3.30. The molecule has 19 heavy (non-hydrogen) atoms. The van der Waals surface area contributed by atoms with E-state index >= 15 is 0 Å². The number of aryl methyl sites for hydroxylation is 2. The van der Waals surface area contributed by atoms with Gasteiger partial charge in [0, 0.05) is 37.8 Å². The summed E-state index contributed by atoms with van der Waals surface area (Å²) in [5, 5.41) is 8.80. The van der Waals surface area contributed by atoms with Crippen LogP contribution in [0.4, 0.5) is 0 Å². The van der Waals surface area contributed by atoms with Gasteiger partial charge < -0.3 is 5.32 Å². The van der Waals surface area contributed by atoms with E-state index in [4.69, 9.17) is 11.6 Å². The quantitative estimate of drug-likeness (QED) is 0.925. The standard InChI is InChI=1S/C14H25ClN4/c1-5-12-8-19(10(2)6-7-16-12)9-13-11(3)17-18(4)14(13)15/h10,12,16H,5-9H2,1-4H3. The summed E-state index contributed by atoms with van der Waals surface area (Å²) in [6.45, 7) is 9.68. The molecule has 0 bridgehead atoms. The Balaban J connectivity index is 2.15. The second-order valence-electron chi connectivity index (χ2n) is 5.60. The molecule has 0 saturated carbocycles. The lowest BCUT2D eigenvalue weighted by atomic mass is 10.1. The van der Waals surface area contributed by atoms with Crippen molar-refractivity contribution in [2.75, 3.05) is 13.1 Å². The van der Waals surface area contributed by atoms with Crippen LogP contribution < -0.4 is 5.32 Å². The summed E-state index contributed by atoms with van der Waals surface area (Å²) in [4.78, 5) is 2.53. The van der Waals surface area contributed by atoms with Crippen LogP contribution in [-0.4, -0.2) is 39.9 Å². The van der Waals surface area contributed by atoms with Crippen molar-refractivity contribution in [2.45, 2.75) is 52.2 Å². The number of hydrogen-bond donors (Lipinski definition) is 1. The van der Waals surface area contributed by atoms with Crippen molar-refractivity contribution < 1.29 is 0 Å². The van der Waals surface area contributed by atoms with E-state index in [1.807, 2.05) is 14.0 Å². The summed E-state index contributed by atoms with van der Waals surface area (Å²) >= 11 is 6.35. The monoisotopic (exact) mass is 284 g/mol. The van der Waals surface area contributed by atoms with Crippen LogP contribution in [0, 0.1) is 6.92 Å². The van der Waals surface area contributed by atoms with E-state index in [2.05, 4.69) is 29.2 Å². The molecule has 1 aromatic heterocycles. The topological polar surface area (TPSA) is 33.1 Å². The van der Waals surface area contributed by atoms with Gasteiger partial charge in [-0.1, -0.05) is 18.5 Å². The summed E-state index contributed by atoms with van der Waals surface area (Å²) in [6.07, 6.45) is 2.36. The molecule has 0 spiro atoms. The molecular formula is C14H25ClN4. The summed E-state index contributed by atoms with van der Waals surface area (Å²) < 4.78 is 1.77. The zero-order chi connectivity index (χ0) is 14.0. The van der Waals surface area contributed by atoms with E-state index in [0.717, 1.165) is 30.5 Å². The molecule has 4 nitrogen and oxygen atoms in total. The first kappa shape index (κ1) is 14.8. The predicted molar refractivity (Wildman–Crippen MR) is 79.5 cm³/mol. The van der Waals surface area contributed by atoms with Crippen molar-refractivity contribution in [3.05, 3.63) is 16.4 Å². The van der Waals surface area contributed by atoms with Gasteiger partial charge in [-0.25, -0.2) is 0 Å². The molecule has 2 atom stereocenters. The summed E-state index contributed by atoms with van der Waals surface area (Å²) in [5.74, 6) is 0. The third-order valence-corrected chi connectivity index (χ3v) is 4.67. The highest BCUT2D eigenvalue weighted by Crippen LogP contribution is 2.23. The maximum atomic E-state index is 6.35. The van der Waals surface area contributed by atoms with Crippen LogP contribution in [0.5, 0.6) is 0 Å². The molecule has 2 heterocycles. The number of hydrogen-bond acceptors (Lipinski definition) is 3. The Morgan fingerprint density at radius 3 is 2.79 bits per heavy atom. The van der Waals surface area contributed by atoms with Crippen LogP contribution >= 0.6 is 11.6 Å². The average molecular weight is 285 g/mol. The van der Waals surface area contributed by atoms with Gasteiger partial charge >= 0.3 is 0 Å². The Morgan fingerprint density at radius 2 is 2.21 bits per heavy atom. The molecule has 1 saturated heterocycles. The maximum Gasteiger partial charge on any atom is 0.131 e. The lowest BCUT2D eigenvalue weighted by Gasteiger charge is -2.28.